The van der Waals surface area contributed by atoms with Gasteiger partial charge in [-0.15, -0.1) is 0 Å². The molecule has 1 N–H and O–H groups in total. The van der Waals surface area contributed by atoms with Gasteiger partial charge in [0.2, 0.25) is 5.91 Å². The minimum absolute atomic E-state index is 0.0158. The van der Waals surface area contributed by atoms with E-state index in [4.69, 9.17) is 4.74 Å². The Kier molecular flexibility index (Phi) is 5.63. The molecule has 0 saturated heterocycles. The van der Waals surface area contributed by atoms with Gasteiger partial charge in [-0.25, -0.2) is 0 Å². The monoisotopic (exact) mass is 440 g/mol. The Morgan fingerprint density at radius 3 is 2.33 bits per heavy atom. The zero-order valence-corrected chi connectivity index (χ0v) is 18.8. The van der Waals surface area contributed by atoms with Crippen molar-refractivity contribution in [2.75, 3.05) is 12.0 Å². The molecule has 0 aromatic heterocycles. The summed E-state index contributed by atoms with van der Waals surface area (Å²) in [5.74, 6) is 0.312. The fourth-order valence-electron chi connectivity index (χ4n) is 5.56. The second kappa shape index (κ2) is 8.74. The summed E-state index contributed by atoms with van der Waals surface area (Å²) in [7, 11) is 1.64. The molecule has 3 aromatic rings. The summed E-state index contributed by atoms with van der Waals surface area (Å²) in [5, 5.41) is 3.17. The first-order valence-electron chi connectivity index (χ1n) is 11.5. The third-order valence-electron chi connectivity index (χ3n) is 7.06. The average Bonchev–Trinajstić information content (AvgIpc) is 3.33. The number of hydrogen-bond donors (Lipinski definition) is 1. The zero-order valence-electron chi connectivity index (χ0n) is 18.8. The maximum absolute atomic E-state index is 13.8. The Morgan fingerprint density at radius 1 is 0.970 bits per heavy atom. The van der Waals surface area contributed by atoms with Gasteiger partial charge in [-0.2, -0.15) is 0 Å². The van der Waals surface area contributed by atoms with E-state index < -0.39 is 11.5 Å². The SMILES string of the molecule is COc1ccc(CNC(=O)[C@H]2c3ccccc3C(=O)N(c3ccccc3)C23CCCC3)cc1. The van der Waals surface area contributed by atoms with Crippen molar-refractivity contribution in [3.05, 3.63) is 95.6 Å². The van der Waals surface area contributed by atoms with Gasteiger partial charge in [0.05, 0.1) is 18.6 Å². The van der Waals surface area contributed by atoms with Crippen molar-refractivity contribution in [2.45, 2.75) is 43.7 Å². The molecule has 0 unspecified atom stereocenters. The number of nitrogens with one attached hydrogen (secondary N) is 1. The molecule has 1 aliphatic carbocycles. The smallest absolute Gasteiger partial charge is 0.259 e. The third-order valence-corrected chi connectivity index (χ3v) is 7.06. The molecular formula is C28H28N2O3. The Bertz CT molecular complexity index is 1150. The summed E-state index contributed by atoms with van der Waals surface area (Å²) in [5.41, 5.74) is 2.75. The van der Waals surface area contributed by atoms with Crippen LogP contribution in [-0.2, 0) is 11.3 Å². The highest BCUT2D eigenvalue weighted by atomic mass is 16.5. The molecule has 2 amide bonds. The van der Waals surface area contributed by atoms with Crippen molar-refractivity contribution in [3.63, 3.8) is 0 Å². The Balaban J connectivity index is 1.54. The van der Waals surface area contributed by atoms with Gasteiger partial charge in [0, 0.05) is 17.8 Å². The number of methoxy groups -OCH3 is 1. The van der Waals surface area contributed by atoms with Gasteiger partial charge >= 0.3 is 0 Å². The van der Waals surface area contributed by atoms with Gasteiger partial charge in [0.25, 0.3) is 5.91 Å². The molecule has 0 bridgehead atoms. The van der Waals surface area contributed by atoms with Gasteiger partial charge in [0.1, 0.15) is 5.75 Å². The van der Waals surface area contributed by atoms with Crippen LogP contribution >= 0.6 is 0 Å². The van der Waals surface area contributed by atoms with E-state index in [-0.39, 0.29) is 11.8 Å². The maximum atomic E-state index is 13.8. The first-order chi connectivity index (χ1) is 16.1. The lowest BCUT2D eigenvalue weighted by molar-refractivity contribution is -0.124. The quantitative estimate of drug-likeness (QED) is 0.603. The Hall–Kier alpha value is -3.60. The van der Waals surface area contributed by atoms with Gasteiger partial charge in [-0.05, 0) is 54.3 Å². The van der Waals surface area contributed by atoms with Gasteiger partial charge in [0.15, 0.2) is 0 Å². The number of fused-ring (bicyclic) bond motifs is 1. The predicted molar refractivity (Wildman–Crippen MR) is 128 cm³/mol. The standard InChI is InChI=1S/C28H28N2O3/c1-33-22-15-13-20(14-16-22)19-29-26(31)25-23-11-5-6-12-24(23)27(32)30(21-9-3-2-4-10-21)28(25)17-7-8-18-28/h2-6,9-16,25H,7-8,17-19H2,1H3,(H,29,31)/t25-/m1/s1. The number of carbonyl (C=O) groups is 2. The van der Waals surface area contributed by atoms with Crippen molar-refractivity contribution in [1.29, 1.82) is 0 Å². The number of ether oxygens (including phenoxy) is 1. The van der Waals surface area contributed by atoms with Crippen LogP contribution in [0.4, 0.5) is 5.69 Å². The number of rotatable bonds is 5. The number of amides is 2. The lowest BCUT2D eigenvalue weighted by Gasteiger charge is -2.50. The second-order valence-corrected chi connectivity index (χ2v) is 8.87. The fourth-order valence-corrected chi connectivity index (χ4v) is 5.56. The largest absolute Gasteiger partial charge is 0.497 e. The zero-order chi connectivity index (χ0) is 22.8. The van der Waals surface area contributed by atoms with E-state index in [1.54, 1.807) is 7.11 Å². The first-order valence-corrected chi connectivity index (χ1v) is 11.5. The van der Waals surface area contributed by atoms with Gasteiger partial charge in [-0.1, -0.05) is 61.4 Å². The molecule has 1 heterocycles. The second-order valence-electron chi connectivity index (χ2n) is 8.87. The molecule has 1 aliphatic heterocycles. The van der Waals surface area contributed by atoms with Crippen LogP contribution in [0.15, 0.2) is 78.9 Å². The molecule has 1 atom stereocenters. The maximum Gasteiger partial charge on any atom is 0.259 e. The number of nitrogens with zero attached hydrogens (tertiary/aromatic N) is 1. The van der Waals surface area contributed by atoms with Crippen molar-refractivity contribution in [2.24, 2.45) is 0 Å². The molecule has 2 aliphatic rings. The Morgan fingerprint density at radius 2 is 1.64 bits per heavy atom. The Labute approximate surface area is 194 Å². The van der Waals surface area contributed by atoms with Gasteiger partial charge < -0.3 is 15.0 Å². The molecule has 1 spiro atoms. The van der Waals surface area contributed by atoms with E-state index >= 15 is 0 Å². The van der Waals surface area contributed by atoms with E-state index in [9.17, 15) is 9.59 Å². The summed E-state index contributed by atoms with van der Waals surface area (Å²) in [6.45, 7) is 0.427. The average molecular weight is 441 g/mol. The minimum Gasteiger partial charge on any atom is -0.497 e. The third kappa shape index (κ3) is 3.67. The summed E-state index contributed by atoms with van der Waals surface area (Å²) >= 11 is 0. The van der Waals surface area contributed by atoms with Crippen LogP contribution in [0.2, 0.25) is 0 Å². The van der Waals surface area contributed by atoms with E-state index in [0.29, 0.717) is 12.1 Å². The van der Waals surface area contributed by atoms with Crippen molar-refractivity contribution in [1.82, 2.24) is 5.32 Å². The predicted octanol–water partition coefficient (Wildman–Crippen LogP) is 5.07. The topological polar surface area (TPSA) is 58.6 Å². The number of carbonyl (C=O) groups excluding carboxylic acids is 2. The molecule has 168 valence electrons. The summed E-state index contributed by atoms with van der Waals surface area (Å²) in [6, 6.07) is 25.1. The first kappa shape index (κ1) is 21.3. The molecule has 3 aromatic carbocycles. The molecule has 1 fully saturated rings. The van der Waals surface area contributed by atoms with Gasteiger partial charge in [-0.3, -0.25) is 9.59 Å². The molecule has 5 rings (SSSR count). The minimum atomic E-state index is -0.559. The van der Waals surface area contributed by atoms with Crippen LogP contribution in [0.5, 0.6) is 5.75 Å². The number of para-hydroxylation sites is 1. The molecule has 33 heavy (non-hydrogen) atoms. The van der Waals surface area contributed by atoms with Crippen LogP contribution in [0.1, 0.15) is 53.1 Å². The number of benzene rings is 3. The lowest BCUT2D eigenvalue weighted by atomic mass is 9.70. The molecule has 5 heteroatoms. The highest BCUT2D eigenvalue weighted by Crippen LogP contribution is 2.51. The number of hydrogen-bond acceptors (Lipinski definition) is 3. The molecular weight excluding hydrogens is 412 g/mol. The van der Waals surface area contributed by atoms with Crippen LogP contribution < -0.4 is 15.0 Å². The normalized spacial score (nSPS) is 18.8. The van der Waals surface area contributed by atoms with E-state index in [2.05, 4.69) is 5.32 Å². The lowest BCUT2D eigenvalue weighted by Crippen LogP contribution is -2.61. The molecule has 1 saturated carbocycles. The summed E-state index contributed by atoms with van der Waals surface area (Å²) < 4.78 is 5.23. The highest BCUT2D eigenvalue weighted by Gasteiger charge is 2.56. The van der Waals surface area contributed by atoms with E-state index in [0.717, 1.165) is 48.2 Å². The van der Waals surface area contributed by atoms with Crippen LogP contribution in [-0.4, -0.2) is 24.5 Å². The summed E-state index contributed by atoms with van der Waals surface area (Å²) in [6.07, 6.45) is 3.62. The van der Waals surface area contributed by atoms with E-state index in [1.807, 2.05) is 83.8 Å². The van der Waals surface area contributed by atoms with E-state index in [1.165, 1.54) is 0 Å². The molecule has 5 nitrogen and oxygen atoms in total. The van der Waals surface area contributed by atoms with Crippen molar-refractivity contribution < 1.29 is 14.3 Å². The molecule has 0 radical (unpaired) electrons. The number of anilines is 1. The van der Waals surface area contributed by atoms with Crippen molar-refractivity contribution in [3.8, 4) is 5.75 Å². The fraction of sp³-hybridized carbons (Fsp3) is 0.286. The van der Waals surface area contributed by atoms with Crippen LogP contribution in [0.25, 0.3) is 0 Å². The van der Waals surface area contributed by atoms with Crippen LogP contribution in [0, 0.1) is 0 Å². The highest BCUT2D eigenvalue weighted by molar-refractivity contribution is 6.12. The van der Waals surface area contributed by atoms with Crippen molar-refractivity contribution >= 4 is 17.5 Å². The summed E-state index contributed by atoms with van der Waals surface area (Å²) in [4.78, 5) is 29.5. The van der Waals surface area contributed by atoms with Crippen LogP contribution in [0.3, 0.4) is 0 Å².